The van der Waals surface area contributed by atoms with Gasteiger partial charge >= 0.3 is 0 Å². The fourth-order valence-electron chi connectivity index (χ4n) is 3.17. The standard InChI is InChI=1S/C17H23FN4O2/c1-2-19-17(22-14-9-13-7-8-15(14)24-13)20-10-16(23)21-12-5-3-11(18)4-6-12/h3-6,13-15H,2,7-10H2,1H3,(H,21,23)(H2,19,20,22). The number of guanidine groups is 1. The molecule has 2 fully saturated rings. The molecule has 1 aromatic rings. The van der Waals surface area contributed by atoms with Gasteiger partial charge < -0.3 is 20.7 Å². The average Bonchev–Trinajstić information content (AvgIpc) is 3.18. The Kier molecular flexibility index (Phi) is 5.30. The number of fused-ring (bicyclic) bond motifs is 2. The molecule has 2 heterocycles. The fourth-order valence-corrected chi connectivity index (χ4v) is 3.17. The summed E-state index contributed by atoms with van der Waals surface area (Å²) in [6, 6.07) is 5.90. The smallest absolute Gasteiger partial charge is 0.246 e. The van der Waals surface area contributed by atoms with Gasteiger partial charge in [-0.2, -0.15) is 0 Å². The van der Waals surface area contributed by atoms with Crippen molar-refractivity contribution in [3.63, 3.8) is 0 Å². The van der Waals surface area contributed by atoms with E-state index in [1.54, 1.807) is 0 Å². The number of carbonyl (C=O) groups is 1. The van der Waals surface area contributed by atoms with Gasteiger partial charge in [0.25, 0.3) is 0 Å². The molecule has 2 saturated heterocycles. The molecular weight excluding hydrogens is 311 g/mol. The lowest BCUT2D eigenvalue weighted by Gasteiger charge is -2.22. The highest BCUT2D eigenvalue weighted by atomic mass is 19.1. The Bertz CT molecular complexity index is 605. The zero-order chi connectivity index (χ0) is 16.9. The summed E-state index contributed by atoms with van der Waals surface area (Å²) in [5.41, 5.74) is 0.552. The van der Waals surface area contributed by atoms with Crippen LogP contribution >= 0.6 is 0 Å². The number of benzene rings is 1. The van der Waals surface area contributed by atoms with Gasteiger partial charge in [-0.15, -0.1) is 0 Å². The zero-order valence-corrected chi connectivity index (χ0v) is 13.7. The van der Waals surface area contributed by atoms with E-state index in [-0.39, 0.29) is 30.4 Å². The second-order valence-corrected chi connectivity index (χ2v) is 6.11. The lowest BCUT2D eigenvalue weighted by molar-refractivity contribution is -0.114. The molecule has 3 N–H and O–H groups in total. The number of carbonyl (C=O) groups excluding carboxylic acids is 1. The minimum atomic E-state index is -0.335. The van der Waals surface area contributed by atoms with E-state index < -0.39 is 0 Å². The van der Waals surface area contributed by atoms with E-state index in [1.165, 1.54) is 24.3 Å². The van der Waals surface area contributed by atoms with Crippen LogP contribution < -0.4 is 16.0 Å². The second kappa shape index (κ2) is 7.61. The molecule has 3 atom stereocenters. The first-order valence-electron chi connectivity index (χ1n) is 8.39. The van der Waals surface area contributed by atoms with Crippen LogP contribution in [0.3, 0.4) is 0 Å². The molecular formula is C17H23FN4O2. The summed E-state index contributed by atoms with van der Waals surface area (Å²) in [7, 11) is 0. The van der Waals surface area contributed by atoms with Crippen LogP contribution in [0.4, 0.5) is 10.1 Å². The molecule has 0 radical (unpaired) electrons. The maximum atomic E-state index is 12.9. The van der Waals surface area contributed by atoms with Gasteiger partial charge in [-0.3, -0.25) is 4.79 Å². The Labute approximate surface area is 140 Å². The molecule has 2 bridgehead atoms. The van der Waals surface area contributed by atoms with Crippen LogP contribution in [-0.2, 0) is 9.53 Å². The van der Waals surface area contributed by atoms with E-state index in [0.717, 1.165) is 19.3 Å². The van der Waals surface area contributed by atoms with Crippen LogP contribution in [0.5, 0.6) is 0 Å². The van der Waals surface area contributed by atoms with Crippen LogP contribution in [0.1, 0.15) is 26.2 Å². The largest absolute Gasteiger partial charge is 0.373 e. The monoisotopic (exact) mass is 334 g/mol. The molecule has 0 spiro atoms. The topological polar surface area (TPSA) is 74.8 Å². The maximum Gasteiger partial charge on any atom is 0.246 e. The Morgan fingerprint density at radius 2 is 2.12 bits per heavy atom. The summed E-state index contributed by atoms with van der Waals surface area (Å²) in [5.74, 6) is 0.0358. The third-order valence-electron chi connectivity index (χ3n) is 4.28. The fraction of sp³-hybridized carbons (Fsp3) is 0.529. The van der Waals surface area contributed by atoms with Gasteiger partial charge in [0.15, 0.2) is 5.96 Å². The van der Waals surface area contributed by atoms with Crippen molar-refractivity contribution < 1.29 is 13.9 Å². The number of hydrogen-bond acceptors (Lipinski definition) is 3. The van der Waals surface area contributed by atoms with Crippen LogP contribution in [-0.4, -0.2) is 43.2 Å². The number of amides is 1. The lowest BCUT2D eigenvalue weighted by Crippen LogP contribution is -2.47. The molecule has 3 rings (SSSR count). The van der Waals surface area contributed by atoms with Gasteiger partial charge in [-0.05, 0) is 50.5 Å². The Balaban J connectivity index is 1.53. The number of nitrogens with zero attached hydrogens (tertiary/aromatic N) is 1. The molecule has 1 aromatic carbocycles. The highest BCUT2D eigenvalue weighted by molar-refractivity contribution is 5.94. The molecule has 0 aromatic heterocycles. The third kappa shape index (κ3) is 4.23. The zero-order valence-electron chi connectivity index (χ0n) is 13.7. The summed E-state index contributed by atoms with van der Waals surface area (Å²) in [6.45, 7) is 2.69. The van der Waals surface area contributed by atoms with Gasteiger partial charge in [0.05, 0.1) is 18.2 Å². The molecule has 2 aliphatic rings. The van der Waals surface area contributed by atoms with Gasteiger partial charge in [0.1, 0.15) is 12.4 Å². The predicted molar refractivity (Wildman–Crippen MR) is 90.4 cm³/mol. The minimum absolute atomic E-state index is 0.00557. The van der Waals surface area contributed by atoms with Crippen LogP contribution in [0.2, 0.25) is 0 Å². The molecule has 0 saturated carbocycles. The second-order valence-electron chi connectivity index (χ2n) is 6.11. The van der Waals surface area contributed by atoms with E-state index in [9.17, 15) is 9.18 Å². The molecule has 130 valence electrons. The molecule has 0 aliphatic carbocycles. The van der Waals surface area contributed by atoms with E-state index in [0.29, 0.717) is 24.3 Å². The van der Waals surface area contributed by atoms with E-state index in [1.807, 2.05) is 6.92 Å². The first-order valence-corrected chi connectivity index (χ1v) is 8.39. The van der Waals surface area contributed by atoms with Crippen molar-refractivity contribution in [1.82, 2.24) is 10.6 Å². The highest BCUT2D eigenvalue weighted by Crippen LogP contribution is 2.34. The molecule has 24 heavy (non-hydrogen) atoms. The SMILES string of the molecule is CCNC(=NCC(=O)Nc1ccc(F)cc1)NC1CC2CCC1O2. The van der Waals surface area contributed by atoms with Crippen molar-refractivity contribution in [3.8, 4) is 0 Å². The van der Waals surface area contributed by atoms with Gasteiger partial charge in [-0.25, -0.2) is 9.38 Å². The summed E-state index contributed by atoms with van der Waals surface area (Å²) in [5, 5.41) is 9.20. The summed E-state index contributed by atoms with van der Waals surface area (Å²) in [6.07, 6.45) is 3.80. The molecule has 6 nitrogen and oxygen atoms in total. The number of nitrogens with one attached hydrogen (secondary N) is 3. The van der Waals surface area contributed by atoms with Gasteiger partial charge in [0.2, 0.25) is 5.91 Å². The third-order valence-corrected chi connectivity index (χ3v) is 4.28. The predicted octanol–water partition coefficient (Wildman–Crippen LogP) is 1.64. The first kappa shape index (κ1) is 16.7. The number of aliphatic imine (C=N–C) groups is 1. The van der Waals surface area contributed by atoms with Crippen molar-refractivity contribution in [2.45, 2.75) is 44.4 Å². The van der Waals surface area contributed by atoms with Crippen molar-refractivity contribution in [3.05, 3.63) is 30.1 Å². The molecule has 7 heteroatoms. The normalized spacial score (nSPS) is 25.6. The Hall–Kier alpha value is -2.15. The lowest BCUT2D eigenvalue weighted by atomic mass is 9.96. The van der Waals surface area contributed by atoms with Gasteiger partial charge in [-0.1, -0.05) is 0 Å². The number of halogens is 1. The number of hydrogen-bond donors (Lipinski definition) is 3. The van der Waals surface area contributed by atoms with Crippen molar-refractivity contribution in [2.75, 3.05) is 18.4 Å². The van der Waals surface area contributed by atoms with Crippen molar-refractivity contribution in [2.24, 2.45) is 4.99 Å². The summed E-state index contributed by atoms with van der Waals surface area (Å²) < 4.78 is 18.7. The Morgan fingerprint density at radius 3 is 2.75 bits per heavy atom. The summed E-state index contributed by atoms with van der Waals surface area (Å²) >= 11 is 0. The highest BCUT2D eigenvalue weighted by Gasteiger charge is 2.41. The van der Waals surface area contributed by atoms with E-state index in [4.69, 9.17) is 4.74 Å². The number of rotatable bonds is 5. The van der Waals surface area contributed by atoms with Crippen LogP contribution in [0.15, 0.2) is 29.3 Å². The maximum absolute atomic E-state index is 12.9. The number of ether oxygens (including phenoxy) is 1. The minimum Gasteiger partial charge on any atom is -0.373 e. The van der Waals surface area contributed by atoms with Crippen molar-refractivity contribution >= 4 is 17.6 Å². The van der Waals surface area contributed by atoms with E-state index in [2.05, 4.69) is 20.9 Å². The first-order chi connectivity index (χ1) is 11.6. The van der Waals surface area contributed by atoms with Gasteiger partial charge in [0, 0.05) is 12.2 Å². The molecule has 1 amide bonds. The Morgan fingerprint density at radius 1 is 1.33 bits per heavy atom. The van der Waals surface area contributed by atoms with E-state index >= 15 is 0 Å². The number of anilines is 1. The molecule has 3 unspecified atom stereocenters. The van der Waals surface area contributed by atoms with Crippen LogP contribution in [0, 0.1) is 5.82 Å². The van der Waals surface area contributed by atoms with Crippen molar-refractivity contribution in [1.29, 1.82) is 0 Å². The average molecular weight is 334 g/mol. The quantitative estimate of drug-likeness (QED) is 0.565. The summed E-state index contributed by atoms with van der Waals surface area (Å²) in [4.78, 5) is 16.3. The van der Waals surface area contributed by atoms with Crippen LogP contribution in [0.25, 0.3) is 0 Å². The molecule has 2 aliphatic heterocycles.